The van der Waals surface area contributed by atoms with E-state index in [1.54, 1.807) is 26.0 Å². The lowest BCUT2D eigenvalue weighted by Gasteiger charge is -2.28. The fraction of sp³-hybridized carbons (Fsp3) is 0.562. The van der Waals surface area contributed by atoms with Gasteiger partial charge in [0.25, 0.3) is 5.79 Å². The van der Waals surface area contributed by atoms with E-state index in [1.807, 2.05) is 12.1 Å². The summed E-state index contributed by atoms with van der Waals surface area (Å²) in [5.74, 6) is -1.49. The van der Waals surface area contributed by atoms with Gasteiger partial charge in [-0.2, -0.15) is 0 Å². The zero-order chi connectivity index (χ0) is 16.0. The molecule has 1 unspecified atom stereocenters. The molecule has 0 aliphatic carbocycles. The normalized spacial score (nSPS) is 19.7. The number of para-hydroxylation sites is 2. The molecule has 0 saturated carbocycles. The minimum atomic E-state index is -1.11. The zero-order valence-electron chi connectivity index (χ0n) is 13.0. The molecule has 1 aromatic rings. The summed E-state index contributed by atoms with van der Waals surface area (Å²) in [4.78, 5) is 11.1. The van der Waals surface area contributed by atoms with Crippen LogP contribution < -0.4 is 14.8 Å². The molecule has 3 rings (SSSR count). The van der Waals surface area contributed by atoms with Crippen LogP contribution in [0.2, 0.25) is 0 Å². The highest BCUT2D eigenvalue weighted by atomic mass is 16.7. The second-order valence-corrected chi connectivity index (χ2v) is 5.33. The average molecular weight is 309 g/mol. The van der Waals surface area contributed by atoms with Crippen molar-refractivity contribution in [1.29, 1.82) is 0 Å². The van der Waals surface area contributed by atoms with E-state index < -0.39 is 17.7 Å². The van der Waals surface area contributed by atoms with Crippen LogP contribution in [0.15, 0.2) is 24.3 Å². The molecule has 22 heavy (non-hydrogen) atoms. The van der Waals surface area contributed by atoms with Crippen LogP contribution in [-0.4, -0.2) is 43.2 Å². The number of nitrogens with one attached hydrogen (secondary N) is 1. The Morgan fingerprint density at radius 2 is 1.82 bits per heavy atom. The van der Waals surface area contributed by atoms with Crippen LogP contribution in [0.4, 0.5) is 0 Å². The van der Waals surface area contributed by atoms with Crippen molar-refractivity contribution < 1.29 is 24.1 Å². The van der Waals surface area contributed by atoms with Crippen molar-refractivity contribution in [2.24, 2.45) is 5.92 Å². The summed E-state index contributed by atoms with van der Waals surface area (Å²) in [7, 11) is 0. The molecule has 2 heterocycles. The third kappa shape index (κ3) is 3.90. The topological polar surface area (TPSA) is 77.0 Å². The first kappa shape index (κ1) is 16.6. The monoisotopic (exact) mass is 309 g/mol. The molecule has 122 valence electrons. The summed E-state index contributed by atoms with van der Waals surface area (Å²) >= 11 is 0. The van der Waals surface area contributed by atoms with E-state index >= 15 is 0 Å². The molecule has 1 saturated heterocycles. The SMILES string of the molecule is C1COCCN1.CCC(C(=O)O)C1(C)Oc2ccccc2O1. The molecule has 1 atom stereocenters. The van der Waals surface area contributed by atoms with E-state index in [4.69, 9.17) is 19.3 Å². The van der Waals surface area contributed by atoms with Crippen LogP contribution in [0.1, 0.15) is 20.3 Å². The summed E-state index contributed by atoms with van der Waals surface area (Å²) < 4.78 is 16.2. The Morgan fingerprint density at radius 1 is 1.27 bits per heavy atom. The highest BCUT2D eigenvalue weighted by Crippen LogP contribution is 2.42. The number of hydrogen-bond acceptors (Lipinski definition) is 5. The van der Waals surface area contributed by atoms with E-state index in [0.717, 1.165) is 26.3 Å². The maximum absolute atomic E-state index is 11.1. The minimum Gasteiger partial charge on any atom is -0.481 e. The van der Waals surface area contributed by atoms with Gasteiger partial charge in [-0.15, -0.1) is 0 Å². The molecule has 2 N–H and O–H groups in total. The molecule has 6 heteroatoms. The van der Waals surface area contributed by atoms with Gasteiger partial charge in [0.05, 0.1) is 13.2 Å². The van der Waals surface area contributed by atoms with Crippen molar-refractivity contribution in [2.75, 3.05) is 26.3 Å². The number of morpholine rings is 1. The molecule has 2 aliphatic rings. The number of carboxylic acid groups (broad SMARTS) is 1. The molecule has 0 amide bonds. The van der Waals surface area contributed by atoms with E-state index in [2.05, 4.69) is 5.32 Å². The number of carbonyl (C=O) groups is 1. The number of rotatable bonds is 3. The number of benzene rings is 1. The summed E-state index contributed by atoms with van der Waals surface area (Å²) in [6.07, 6.45) is 0.458. The van der Waals surface area contributed by atoms with Crippen LogP contribution in [-0.2, 0) is 9.53 Å². The fourth-order valence-corrected chi connectivity index (χ4v) is 2.50. The third-order valence-corrected chi connectivity index (χ3v) is 3.66. The Kier molecular flexibility index (Phi) is 5.63. The highest BCUT2D eigenvalue weighted by molar-refractivity contribution is 5.71. The van der Waals surface area contributed by atoms with Crippen molar-refractivity contribution in [3.8, 4) is 11.5 Å². The molecule has 0 radical (unpaired) electrons. The van der Waals surface area contributed by atoms with Crippen molar-refractivity contribution in [1.82, 2.24) is 5.32 Å². The zero-order valence-corrected chi connectivity index (χ0v) is 13.0. The third-order valence-electron chi connectivity index (χ3n) is 3.66. The maximum Gasteiger partial charge on any atom is 0.314 e. The largest absolute Gasteiger partial charge is 0.481 e. The van der Waals surface area contributed by atoms with E-state index in [1.165, 1.54) is 0 Å². The quantitative estimate of drug-likeness (QED) is 0.888. The van der Waals surface area contributed by atoms with Gasteiger partial charge in [0, 0.05) is 20.0 Å². The predicted octanol–water partition coefficient (Wildman–Crippen LogP) is 1.89. The van der Waals surface area contributed by atoms with Crippen LogP contribution in [0.3, 0.4) is 0 Å². The van der Waals surface area contributed by atoms with Crippen molar-refractivity contribution in [3.63, 3.8) is 0 Å². The van der Waals surface area contributed by atoms with Gasteiger partial charge in [0.15, 0.2) is 11.5 Å². The van der Waals surface area contributed by atoms with Crippen LogP contribution in [0.5, 0.6) is 11.5 Å². The van der Waals surface area contributed by atoms with Gasteiger partial charge in [-0.05, 0) is 18.6 Å². The molecule has 0 aromatic heterocycles. The second-order valence-electron chi connectivity index (χ2n) is 5.33. The molecule has 1 fully saturated rings. The lowest BCUT2D eigenvalue weighted by Crippen LogP contribution is -2.46. The molecule has 6 nitrogen and oxygen atoms in total. The Balaban J connectivity index is 0.000000246. The van der Waals surface area contributed by atoms with E-state index in [0.29, 0.717) is 17.9 Å². The van der Waals surface area contributed by atoms with E-state index in [-0.39, 0.29) is 0 Å². The lowest BCUT2D eigenvalue weighted by atomic mass is 9.97. The van der Waals surface area contributed by atoms with Gasteiger partial charge in [-0.3, -0.25) is 4.79 Å². The van der Waals surface area contributed by atoms with Crippen molar-refractivity contribution in [2.45, 2.75) is 26.1 Å². The maximum atomic E-state index is 11.1. The molecule has 1 aromatic carbocycles. The number of aliphatic carboxylic acids is 1. The van der Waals surface area contributed by atoms with Gasteiger partial charge in [0.2, 0.25) is 0 Å². The summed E-state index contributed by atoms with van der Waals surface area (Å²) in [5, 5.41) is 12.3. The summed E-state index contributed by atoms with van der Waals surface area (Å²) in [6.45, 7) is 7.30. The summed E-state index contributed by atoms with van der Waals surface area (Å²) in [6, 6.07) is 7.20. The molecule has 2 aliphatic heterocycles. The fourth-order valence-electron chi connectivity index (χ4n) is 2.50. The van der Waals surface area contributed by atoms with Crippen molar-refractivity contribution in [3.05, 3.63) is 24.3 Å². The Morgan fingerprint density at radius 3 is 2.14 bits per heavy atom. The smallest absolute Gasteiger partial charge is 0.314 e. The standard InChI is InChI=1S/C12H14O4.C4H9NO/c1-3-8(11(13)14)12(2)15-9-6-4-5-7-10(9)16-12;1-3-6-4-2-5-1/h4-8H,3H2,1-2H3,(H,13,14);5H,1-4H2. The van der Waals surface area contributed by atoms with Gasteiger partial charge < -0.3 is 24.6 Å². The summed E-state index contributed by atoms with van der Waals surface area (Å²) in [5.41, 5.74) is 0. The Labute approximate surface area is 130 Å². The Hall–Kier alpha value is -1.79. The first-order valence-electron chi connectivity index (χ1n) is 7.55. The number of hydrogen-bond donors (Lipinski definition) is 2. The second kappa shape index (κ2) is 7.47. The molecule has 0 spiro atoms. The first-order valence-corrected chi connectivity index (χ1v) is 7.55. The number of ether oxygens (including phenoxy) is 3. The predicted molar refractivity (Wildman–Crippen MR) is 81.2 cm³/mol. The minimum absolute atomic E-state index is 0.458. The lowest BCUT2D eigenvalue weighted by molar-refractivity contribution is -0.166. The number of fused-ring (bicyclic) bond motifs is 1. The molecular weight excluding hydrogens is 286 g/mol. The Bertz CT molecular complexity index is 465. The number of carboxylic acids is 1. The first-order chi connectivity index (χ1) is 10.6. The highest BCUT2D eigenvalue weighted by Gasteiger charge is 2.47. The van der Waals surface area contributed by atoms with Crippen LogP contribution in [0.25, 0.3) is 0 Å². The van der Waals surface area contributed by atoms with Gasteiger partial charge in [-0.25, -0.2) is 0 Å². The van der Waals surface area contributed by atoms with Crippen molar-refractivity contribution >= 4 is 5.97 Å². The van der Waals surface area contributed by atoms with Gasteiger partial charge in [0.1, 0.15) is 5.92 Å². The van der Waals surface area contributed by atoms with E-state index in [9.17, 15) is 4.79 Å². The average Bonchev–Trinajstić information content (AvgIpc) is 2.86. The van der Waals surface area contributed by atoms with Gasteiger partial charge >= 0.3 is 5.97 Å². The molecule has 0 bridgehead atoms. The van der Waals surface area contributed by atoms with Crippen LogP contribution >= 0.6 is 0 Å². The van der Waals surface area contributed by atoms with Gasteiger partial charge in [-0.1, -0.05) is 19.1 Å². The van der Waals surface area contributed by atoms with Crippen LogP contribution in [0, 0.1) is 5.92 Å². The molecular formula is C16H23NO5.